The lowest BCUT2D eigenvalue weighted by atomic mass is 9.99. The summed E-state index contributed by atoms with van der Waals surface area (Å²) in [7, 11) is 0. The summed E-state index contributed by atoms with van der Waals surface area (Å²) in [5, 5.41) is 12.7. The Labute approximate surface area is 122 Å². The number of rotatable bonds is 5. The van der Waals surface area contributed by atoms with Gasteiger partial charge in [-0.15, -0.1) is 0 Å². The first-order valence-electron chi connectivity index (χ1n) is 6.52. The van der Waals surface area contributed by atoms with Gasteiger partial charge in [0, 0.05) is 6.54 Å². The van der Waals surface area contributed by atoms with Crippen molar-refractivity contribution < 1.29 is 19.4 Å². The lowest BCUT2D eigenvalue weighted by molar-refractivity contribution is -0.144. The van der Waals surface area contributed by atoms with Crippen molar-refractivity contribution in [1.29, 1.82) is 0 Å². The van der Waals surface area contributed by atoms with Crippen molar-refractivity contribution in [3.05, 3.63) is 22.7 Å². The number of carbonyl (C=O) groups is 1. The van der Waals surface area contributed by atoms with Crippen molar-refractivity contribution in [2.45, 2.75) is 32.4 Å². The molecule has 1 aromatic carbocycles. The number of fused-ring (bicyclic) bond motifs is 1. The SMILES string of the molecule is CCC(C)(NCc1cc(Cl)c2c(c1)OCCO2)C(=O)O. The Morgan fingerprint density at radius 3 is 2.80 bits per heavy atom. The highest BCUT2D eigenvalue weighted by Crippen LogP contribution is 2.38. The number of ether oxygens (including phenoxy) is 2. The van der Waals surface area contributed by atoms with Crippen molar-refractivity contribution in [1.82, 2.24) is 5.32 Å². The molecule has 110 valence electrons. The van der Waals surface area contributed by atoms with Crippen molar-refractivity contribution in [3.63, 3.8) is 0 Å². The molecule has 1 aliphatic heterocycles. The van der Waals surface area contributed by atoms with Gasteiger partial charge in [0.1, 0.15) is 18.8 Å². The molecule has 1 heterocycles. The average molecular weight is 300 g/mol. The van der Waals surface area contributed by atoms with Crippen LogP contribution in [0.5, 0.6) is 11.5 Å². The molecular formula is C14H18ClNO4. The number of benzene rings is 1. The maximum absolute atomic E-state index is 11.2. The Morgan fingerprint density at radius 2 is 2.15 bits per heavy atom. The molecule has 1 aliphatic rings. The molecular weight excluding hydrogens is 282 g/mol. The molecule has 0 spiro atoms. The van der Waals surface area contributed by atoms with Crippen molar-refractivity contribution in [2.24, 2.45) is 0 Å². The number of hydrogen-bond donors (Lipinski definition) is 2. The first-order chi connectivity index (χ1) is 9.46. The van der Waals surface area contributed by atoms with Crippen LogP contribution in [0, 0.1) is 0 Å². The van der Waals surface area contributed by atoms with Crippen LogP contribution in [0.15, 0.2) is 12.1 Å². The molecule has 5 nitrogen and oxygen atoms in total. The quantitative estimate of drug-likeness (QED) is 0.874. The van der Waals surface area contributed by atoms with Gasteiger partial charge in [0.05, 0.1) is 5.02 Å². The summed E-state index contributed by atoms with van der Waals surface area (Å²) in [4.78, 5) is 11.2. The first kappa shape index (κ1) is 14.9. The van der Waals surface area contributed by atoms with Crippen LogP contribution >= 0.6 is 11.6 Å². The third kappa shape index (κ3) is 2.99. The highest BCUT2D eigenvalue weighted by Gasteiger charge is 2.30. The van der Waals surface area contributed by atoms with Gasteiger partial charge >= 0.3 is 5.97 Å². The second kappa shape index (κ2) is 5.89. The highest BCUT2D eigenvalue weighted by atomic mass is 35.5. The Morgan fingerprint density at radius 1 is 1.45 bits per heavy atom. The van der Waals surface area contributed by atoms with Gasteiger partial charge in [-0.2, -0.15) is 0 Å². The molecule has 2 N–H and O–H groups in total. The third-order valence-corrected chi connectivity index (χ3v) is 3.80. The fourth-order valence-corrected chi connectivity index (χ4v) is 2.20. The standard InChI is InChI=1S/C14H18ClNO4/c1-3-14(2,13(17)18)16-8-9-6-10(15)12-11(7-9)19-4-5-20-12/h6-7,16H,3-5,8H2,1-2H3,(H,17,18). The Kier molecular flexibility index (Phi) is 4.40. The van der Waals surface area contributed by atoms with E-state index in [4.69, 9.17) is 21.1 Å². The van der Waals surface area contributed by atoms with E-state index >= 15 is 0 Å². The van der Waals surface area contributed by atoms with E-state index in [1.807, 2.05) is 13.0 Å². The van der Waals surface area contributed by atoms with Crippen LogP contribution < -0.4 is 14.8 Å². The molecule has 20 heavy (non-hydrogen) atoms. The van der Waals surface area contributed by atoms with E-state index in [1.54, 1.807) is 13.0 Å². The summed E-state index contributed by atoms with van der Waals surface area (Å²) in [5.41, 5.74) is -0.0973. The fraction of sp³-hybridized carbons (Fsp3) is 0.500. The van der Waals surface area contributed by atoms with Gasteiger partial charge in [-0.1, -0.05) is 18.5 Å². The molecule has 0 aliphatic carbocycles. The minimum absolute atomic E-state index is 0.396. The van der Waals surface area contributed by atoms with Crippen LogP contribution in [0.2, 0.25) is 5.02 Å². The maximum atomic E-state index is 11.2. The zero-order chi connectivity index (χ0) is 14.8. The van der Waals surface area contributed by atoms with E-state index in [2.05, 4.69) is 5.32 Å². The van der Waals surface area contributed by atoms with Gasteiger partial charge in [0.15, 0.2) is 11.5 Å². The van der Waals surface area contributed by atoms with Crippen LogP contribution in [-0.4, -0.2) is 29.8 Å². The lowest BCUT2D eigenvalue weighted by Gasteiger charge is -2.25. The number of hydrogen-bond acceptors (Lipinski definition) is 4. The van der Waals surface area contributed by atoms with E-state index in [1.165, 1.54) is 0 Å². The fourth-order valence-electron chi connectivity index (χ4n) is 1.92. The maximum Gasteiger partial charge on any atom is 0.323 e. The zero-order valence-electron chi connectivity index (χ0n) is 11.5. The molecule has 1 atom stereocenters. The molecule has 0 radical (unpaired) electrons. The van der Waals surface area contributed by atoms with E-state index in [0.717, 1.165) is 5.56 Å². The lowest BCUT2D eigenvalue weighted by Crippen LogP contribution is -2.48. The van der Waals surface area contributed by atoms with Gasteiger partial charge in [-0.05, 0) is 31.0 Å². The van der Waals surface area contributed by atoms with E-state index in [9.17, 15) is 9.90 Å². The minimum atomic E-state index is -0.959. The van der Waals surface area contributed by atoms with Crippen molar-refractivity contribution in [2.75, 3.05) is 13.2 Å². The summed E-state index contributed by atoms with van der Waals surface area (Å²) in [6.45, 7) is 4.86. The molecule has 0 saturated heterocycles. The van der Waals surface area contributed by atoms with Crippen LogP contribution in [0.1, 0.15) is 25.8 Å². The molecule has 6 heteroatoms. The van der Waals surface area contributed by atoms with Crippen LogP contribution in [0.25, 0.3) is 0 Å². The molecule has 0 fully saturated rings. The zero-order valence-corrected chi connectivity index (χ0v) is 12.3. The summed E-state index contributed by atoms with van der Waals surface area (Å²) in [5.74, 6) is 0.288. The first-order valence-corrected chi connectivity index (χ1v) is 6.90. The Balaban J connectivity index is 2.14. The molecule has 0 saturated carbocycles. The van der Waals surface area contributed by atoms with Gasteiger partial charge in [-0.25, -0.2) is 0 Å². The minimum Gasteiger partial charge on any atom is -0.486 e. The van der Waals surface area contributed by atoms with E-state index < -0.39 is 11.5 Å². The second-order valence-electron chi connectivity index (χ2n) is 4.95. The molecule has 1 aromatic rings. The van der Waals surface area contributed by atoms with Gasteiger partial charge in [0.25, 0.3) is 0 Å². The topological polar surface area (TPSA) is 67.8 Å². The smallest absolute Gasteiger partial charge is 0.323 e. The van der Waals surface area contributed by atoms with Gasteiger partial charge < -0.3 is 14.6 Å². The van der Waals surface area contributed by atoms with E-state index in [0.29, 0.717) is 42.7 Å². The van der Waals surface area contributed by atoms with Crippen molar-refractivity contribution >= 4 is 17.6 Å². The average Bonchev–Trinajstić information content (AvgIpc) is 2.44. The number of carboxylic acids is 1. The largest absolute Gasteiger partial charge is 0.486 e. The predicted molar refractivity (Wildman–Crippen MR) is 75.6 cm³/mol. The highest BCUT2D eigenvalue weighted by molar-refractivity contribution is 6.32. The Hall–Kier alpha value is -1.46. The summed E-state index contributed by atoms with van der Waals surface area (Å²) >= 11 is 6.14. The molecule has 0 amide bonds. The molecule has 0 aromatic heterocycles. The van der Waals surface area contributed by atoms with Gasteiger partial charge in [0.2, 0.25) is 0 Å². The number of nitrogens with one attached hydrogen (secondary N) is 1. The Bertz CT molecular complexity index is 520. The molecule has 0 bridgehead atoms. The normalized spacial score (nSPS) is 16.6. The second-order valence-corrected chi connectivity index (χ2v) is 5.35. The number of aliphatic carboxylic acids is 1. The summed E-state index contributed by atoms with van der Waals surface area (Å²) < 4.78 is 10.9. The van der Waals surface area contributed by atoms with Gasteiger partial charge in [-0.3, -0.25) is 10.1 Å². The van der Waals surface area contributed by atoms with Crippen molar-refractivity contribution in [3.8, 4) is 11.5 Å². The molecule has 2 rings (SSSR count). The van der Waals surface area contributed by atoms with Crippen LogP contribution in [-0.2, 0) is 11.3 Å². The van der Waals surface area contributed by atoms with E-state index in [-0.39, 0.29) is 0 Å². The third-order valence-electron chi connectivity index (χ3n) is 3.52. The summed E-state index contributed by atoms with van der Waals surface area (Å²) in [6.07, 6.45) is 0.487. The predicted octanol–water partition coefficient (Wildman–Crippen LogP) is 2.45. The van der Waals surface area contributed by atoms with Crippen LogP contribution in [0.4, 0.5) is 0 Å². The van der Waals surface area contributed by atoms with Crippen LogP contribution in [0.3, 0.4) is 0 Å². The number of halogens is 1. The number of carboxylic acid groups (broad SMARTS) is 1. The summed E-state index contributed by atoms with van der Waals surface area (Å²) in [6, 6.07) is 3.59. The molecule has 1 unspecified atom stereocenters. The monoisotopic (exact) mass is 299 g/mol.